The Morgan fingerprint density at radius 1 is 1.73 bits per heavy atom. The number of nitrogens with zero attached hydrogens (tertiary/aromatic N) is 2. The monoisotopic (exact) mass is 205 g/mol. The summed E-state index contributed by atoms with van der Waals surface area (Å²) >= 11 is 0. The molecule has 0 fully saturated rings. The summed E-state index contributed by atoms with van der Waals surface area (Å²) < 4.78 is 0. The normalized spacial score (nSPS) is 9.07. The molecule has 0 aliphatic heterocycles. The molecule has 0 atom stereocenters. The van der Waals surface area contributed by atoms with E-state index in [-0.39, 0.29) is 18.1 Å². The molecule has 1 amide bonds. The van der Waals surface area contributed by atoms with Crippen LogP contribution in [0.2, 0.25) is 0 Å². The number of pyridine rings is 1. The van der Waals surface area contributed by atoms with Crippen LogP contribution in [0, 0.1) is 11.3 Å². The summed E-state index contributed by atoms with van der Waals surface area (Å²) in [6.07, 6.45) is 1.46. The number of likely N-dealkylation sites (N-methyl/N-ethyl adjacent to an activating group) is 1. The van der Waals surface area contributed by atoms with Crippen molar-refractivity contribution in [1.29, 1.82) is 5.26 Å². The number of nitrogen functional groups attached to an aromatic ring is 1. The van der Waals surface area contributed by atoms with Crippen LogP contribution in [0.5, 0.6) is 0 Å². The Bertz CT molecular complexity index is 409. The predicted molar refractivity (Wildman–Crippen MR) is 55.9 cm³/mol. The number of carbonyl (C=O) groups excluding carboxylic acids is 1. The molecular weight excluding hydrogens is 194 g/mol. The van der Waals surface area contributed by atoms with Crippen LogP contribution in [-0.4, -0.2) is 24.5 Å². The fourth-order valence-corrected chi connectivity index (χ4v) is 0.964. The van der Waals surface area contributed by atoms with E-state index in [4.69, 9.17) is 11.0 Å². The zero-order valence-electron chi connectivity index (χ0n) is 8.24. The van der Waals surface area contributed by atoms with Gasteiger partial charge in [-0.2, -0.15) is 5.26 Å². The number of rotatable bonds is 3. The molecule has 0 aliphatic carbocycles. The smallest absolute Gasteiger partial charge is 0.239 e. The van der Waals surface area contributed by atoms with E-state index in [2.05, 4.69) is 15.6 Å². The van der Waals surface area contributed by atoms with Crippen LogP contribution >= 0.6 is 0 Å². The Labute approximate surface area is 87.1 Å². The summed E-state index contributed by atoms with van der Waals surface area (Å²) in [5.74, 6) is 0.163. The molecule has 78 valence electrons. The molecule has 15 heavy (non-hydrogen) atoms. The molecule has 0 aliphatic rings. The number of hydrogen-bond acceptors (Lipinski definition) is 5. The number of hydrogen-bond donors (Lipinski definition) is 3. The van der Waals surface area contributed by atoms with Gasteiger partial charge in [0.25, 0.3) is 0 Å². The highest BCUT2D eigenvalue weighted by Gasteiger charge is 2.06. The maximum atomic E-state index is 10.9. The molecule has 0 spiro atoms. The van der Waals surface area contributed by atoms with Crippen molar-refractivity contribution in [2.45, 2.75) is 0 Å². The van der Waals surface area contributed by atoms with E-state index >= 15 is 0 Å². The lowest BCUT2D eigenvalue weighted by Crippen LogP contribution is -2.26. The third-order valence-electron chi connectivity index (χ3n) is 1.81. The number of aromatic nitrogens is 1. The van der Waals surface area contributed by atoms with Gasteiger partial charge < -0.3 is 16.4 Å². The average Bonchev–Trinajstić information content (AvgIpc) is 2.27. The Balaban J connectivity index is 2.78. The first kappa shape index (κ1) is 10.8. The van der Waals surface area contributed by atoms with Crippen molar-refractivity contribution in [2.75, 3.05) is 24.6 Å². The standard InChI is InChI=1S/C9H11N5O/c1-12-7(15)5-14-9-8(11)6(4-10)2-3-13-9/h2-3H,5,11H2,1H3,(H,12,15)(H,13,14). The molecule has 6 nitrogen and oxygen atoms in total. The van der Waals surface area contributed by atoms with Gasteiger partial charge >= 0.3 is 0 Å². The van der Waals surface area contributed by atoms with E-state index in [1.54, 1.807) is 0 Å². The van der Waals surface area contributed by atoms with E-state index in [0.717, 1.165) is 0 Å². The third kappa shape index (κ3) is 2.57. The first-order valence-corrected chi connectivity index (χ1v) is 4.28. The van der Waals surface area contributed by atoms with Gasteiger partial charge in [-0.25, -0.2) is 4.98 Å². The van der Waals surface area contributed by atoms with E-state index in [1.165, 1.54) is 19.3 Å². The van der Waals surface area contributed by atoms with Crippen molar-refractivity contribution in [2.24, 2.45) is 0 Å². The topological polar surface area (TPSA) is 104 Å². The number of carbonyl (C=O) groups is 1. The minimum absolute atomic E-state index is 0.0720. The Morgan fingerprint density at radius 3 is 3.07 bits per heavy atom. The zero-order valence-corrected chi connectivity index (χ0v) is 8.24. The molecule has 0 saturated carbocycles. The lowest BCUT2D eigenvalue weighted by Gasteiger charge is -2.07. The maximum absolute atomic E-state index is 10.9. The van der Waals surface area contributed by atoms with Crippen LogP contribution < -0.4 is 16.4 Å². The van der Waals surface area contributed by atoms with E-state index in [9.17, 15) is 4.79 Å². The third-order valence-corrected chi connectivity index (χ3v) is 1.81. The summed E-state index contributed by atoms with van der Waals surface area (Å²) in [6.45, 7) is 0.0720. The minimum atomic E-state index is -0.182. The molecule has 0 saturated heterocycles. The second kappa shape index (κ2) is 4.81. The molecule has 0 radical (unpaired) electrons. The highest BCUT2D eigenvalue weighted by Crippen LogP contribution is 2.18. The summed E-state index contributed by atoms with van der Waals surface area (Å²) in [5, 5.41) is 13.9. The number of anilines is 2. The van der Waals surface area contributed by atoms with Crippen molar-refractivity contribution in [3.05, 3.63) is 17.8 Å². The van der Waals surface area contributed by atoms with Crippen molar-refractivity contribution in [1.82, 2.24) is 10.3 Å². The van der Waals surface area contributed by atoms with Gasteiger partial charge in [0.05, 0.1) is 17.8 Å². The summed E-state index contributed by atoms with van der Waals surface area (Å²) in [7, 11) is 1.53. The largest absolute Gasteiger partial charge is 0.395 e. The van der Waals surface area contributed by atoms with Crippen molar-refractivity contribution >= 4 is 17.4 Å². The van der Waals surface area contributed by atoms with E-state index in [1.807, 2.05) is 6.07 Å². The summed E-state index contributed by atoms with van der Waals surface area (Å²) in [6, 6.07) is 3.45. The van der Waals surface area contributed by atoms with E-state index < -0.39 is 0 Å². The second-order valence-electron chi connectivity index (χ2n) is 2.76. The summed E-state index contributed by atoms with van der Waals surface area (Å²) in [5.41, 5.74) is 6.23. The molecular formula is C9H11N5O. The highest BCUT2D eigenvalue weighted by atomic mass is 16.1. The molecule has 0 aromatic carbocycles. The first-order valence-electron chi connectivity index (χ1n) is 4.28. The lowest BCUT2D eigenvalue weighted by atomic mass is 10.2. The Kier molecular flexibility index (Phi) is 3.46. The molecule has 4 N–H and O–H groups in total. The molecule has 1 rings (SSSR count). The van der Waals surface area contributed by atoms with Crippen LogP contribution in [0.25, 0.3) is 0 Å². The fraction of sp³-hybridized carbons (Fsp3) is 0.222. The molecule has 6 heteroatoms. The van der Waals surface area contributed by atoms with Gasteiger partial charge in [-0.1, -0.05) is 0 Å². The van der Waals surface area contributed by atoms with Crippen molar-refractivity contribution in [3.63, 3.8) is 0 Å². The van der Waals surface area contributed by atoms with Crippen LogP contribution in [-0.2, 0) is 4.79 Å². The van der Waals surface area contributed by atoms with Gasteiger partial charge in [-0.05, 0) is 6.07 Å². The number of nitrogens with one attached hydrogen (secondary N) is 2. The zero-order chi connectivity index (χ0) is 11.3. The Hall–Kier alpha value is -2.29. The molecule has 1 aromatic rings. The van der Waals surface area contributed by atoms with Gasteiger partial charge in [0.2, 0.25) is 5.91 Å². The fourth-order valence-electron chi connectivity index (χ4n) is 0.964. The Morgan fingerprint density at radius 2 is 2.47 bits per heavy atom. The first-order chi connectivity index (χ1) is 7.19. The van der Waals surface area contributed by atoms with Crippen LogP contribution in [0.3, 0.4) is 0 Å². The predicted octanol–water partition coefficient (Wildman–Crippen LogP) is -0.307. The quantitative estimate of drug-likeness (QED) is 0.628. The van der Waals surface area contributed by atoms with Crippen LogP contribution in [0.4, 0.5) is 11.5 Å². The highest BCUT2D eigenvalue weighted by molar-refractivity contribution is 5.81. The number of nitriles is 1. The van der Waals surface area contributed by atoms with Crippen LogP contribution in [0.1, 0.15) is 5.56 Å². The number of nitrogens with two attached hydrogens (primary N) is 1. The van der Waals surface area contributed by atoms with Crippen LogP contribution in [0.15, 0.2) is 12.3 Å². The average molecular weight is 205 g/mol. The summed E-state index contributed by atoms with van der Waals surface area (Å²) in [4.78, 5) is 14.9. The number of amides is 1. The molecule has 1 heterocycles. The van der Waals surface area contributed by atoms with Gasteiger partial charge in [0, 0.05) is 13.2 Å². The van der Waals surface area contributed by atoms with E-state index in [0.29, 0.717) is 11.4 Å². The SMILES string of the molecule is CNC(=O)CNc1nccc(C#N)c1N. The van der Waals surface area contributed by atoms with Crippen molar-refractivity contribution < 1.29 is 4.79 Å². The van der Waals surface area contributed by atoms with Gasteiger partial charge in [0.1, 0.15) is 6.07 Å². The molecule has 0 unspecified atom stereocenters. The maximum Gasteiger partial charge on any atom is 0.239 e. The second-order valence-corrected chi connectivity index (χ2v) is 2.76. The van der Waals surface area contributed by atoms with Gasteiger partial charge in [-0.3, -0.25) is 4.79 Å². The molecule has 0 bridgehead atoms. The van der Waals surface area contributed by atoms with Gasteiger partial charge in [-0.15, -0.1) is 0 Å². The van der Waals surface area contributed by atoms with Crippen molar-refractivity contribution in [3.8, 4) is 6.07 Å². The lowest BCUT2D eigenvalue weighted by molar-refractivity contribution is -0.118. The molecule has 1 aromatic heterocycles. The minimum Gasteiger partial charge on any atom is -0.395 e. The van der Waals surface area contributed by atoms with Gasteiger partial charge in [0.15, 0.2) is 5.82 Å².